The van der Waals surface area contributed by atoms with Crippen molar-refractivity contribution in [2.45, 2.75) is 26.0 Å². The maximum atomic E-state index is 6.25. The summed E-state index contributed by atoms with van der Waals surface area (Å²) in [6.45, 7) is 7.88. The number of aromatic nitrogens is 1. The highest BCUT2D eigenvalue weighted by Gasteiger charge is 2.26. The van der Waals surface area contributed by atoms with E-state index >= 15 is 0 Å². The van der Waals surface area contributed by atoms with Crippen molar-refractivity contribution in [2.75, 3.05) is 26.2 Å². The van der Waals surface area contributed by atoms with Crippen LogP contribution in [0.4, 0.5) is 0 Å². The second-order valence-electron chi connectivity index (χ2n) is 4.56. The molecule has 1 aromatic heterocycles. The Morgan fingerprint density at radius 2 is 2.41 bits per heavy atom. The average Bonchev–Trinajstić information content (AvgIpc) is 2.39. The van der Waals surface area contributed by atoms with Gasteiger partial charge in [-0.15, -0.1) is 0 Å². The quantitative estimate of drug-likeness (QED) is 0.852. The number of rotatable bonds is 3. The zero-order valence-corrected chi connectivity index (χ0v) is 10.6. The van der Waals surface area contributed by atoms with Crippen molar-refractivity contribution in [3.8, 4) is 0 Å². The Labute approximate surface area is 103 Å². The lowest BCUT2D eigenvalue weighted by molar-refractivity contribution is -0.0393. The largest absolute Gasteiger partial charge is 0.374 e. The zero-order valence-electron chi connectivity index (χ0n) is 10.6. The lowest BCUT2D eigenvalue weighted by atomic mass is 10.0. The predicted octanol–water partition coefficient (Wildman–Crippen LogP) is 1.11. The lowest BCUT2D eigenvalue weighted by Gasteiger charge is -2.35. The van der Waals surface area contributed by atoms with Gasteiger partial charge in [0.15, 0.2) is 0 Å². The van der Waals surface area contributed by atoms with Crippen LogP contribution in [-0.2, 0) is 4.74 Å². The van der Waals surface area contributed by atoms with Gasteiger partial charge in [-0.2, -0.15) is 0 Å². The summed E-state index contributed by atoms with van der Waals surface area (Å²) in [6.07, 6.45) is 1.93. The molecule has 1 saturated heterocycles. The van der Waals surface area contributed by atoms with Gasteiger partial charge in [-0.25, -0.2) is 0 Å². The number of pyridine rings is 1. The molecule has 1 aliphatic heterocycles. The number of aryl methyl sites for hydroxylation is 1. The van der Waals surface area contributed by atoms with Crippen LogP contribution in [0.25, 0.3) is 0 Å². The van der Waals surface area contributed by atoms with Crippen LogP contribution in [0.1, 0.15) is 24.2 Å². The Hall–Kier alpha value is -0.970. The first-order valence-electron chi connectivity index (χ1n) is 6.22. The summed E-state index contributed by atoms with van der Waals surface area (Å²) in [6, 6.07) is 3.95. The van der Waals surface area contributed by atoms with Crippen molar-refractivity contribution in [1.82, 2.24) is 9.88 Å². The summed E-state index contributed by atoms with van der Waals surface area (Å²) < 4.78 is 5.76. The molecule has 2 N–H and O–H groups in total. The van der Waals surface area contributed by atoms with Crippen LogP contribution in [0.2, 0.25) is 0 Å². The van der Waals surface area contributed by atoms with E-state index in [-0.39, 0.29) is 12.1 Å². The number of nitrogens with two attached hydrogens (primary N) is 1. The number of likely N-dealkylation sites (N-methyl/N-ethyl adjacent to an activating group) is 1. The van der Waals surface area contributed by atoms with E-state index in [1.807, 2.05) is 25.3 Å². The van der Waals surface area contributed by atoms with Gasteiger partial charge < -0.3 is 10.5 Å². The second kappa shape index (κ2) is 5.58. The molecule has 2 unspecified atom stereocenters. The molecule has 0 aromatic carbocycles. The molecule has 2 heterocycles. The number of ether oxygens (including phenoxy) is 1. The van der Waals surface area contributed by atoms with Gasteiger partial charge in [0, 0.05) is 25.0 Å². The third kappa shape index (κ3) is 3.03. The third-order valence-electron chi connectivity index (χ3n) is 3.34. The highest BCUT2D eigenvalue weighted by molar-refractivity contribution is 5.18. The fourth-order valence-electron chi connectivity index (χ4n) is 2.13. The predicted molar refractivity (Wildman–Crippen MR) is 67.8 cm³/mol. The molecule has 1 aromatic rings. The van der Waals surface area contributed by atoms with Crippen molar-refractivity contribution in [3.05, 3.63) is 29.6 Å². The van der Waals surface area contributed by atoms with Crippen LogP contribution in [0, 0.1) is 6.92 Å². The van der Waals surface area contributed by atoms with Crippen LogP contribution in [0.15, 0.2) is 18.3 Å². The summed E-state index contributed by atoms with van der Waals surface area (Å²) in [7, 11) is 0. The van der Waals surface area contributed by atoms with Gasteiger partial charge in [-0.3, -0.25) is 9.88 Å². The summed E-state index contributed by atoms with van der Waals surface area (Å²) >= 11 is 0. The standard InChI is InChI=1S/C13H21N3O/c1-3-16-6-7-17-12(9-16)13(14)11-5-4-10(2)15-8-11/h4-5,8,12-13H,3,6-7,9,14H2,1-2H3. The maximum Gasteiger partial charge on any atom is 0.0895 e. The van der Waals surface area contributed by atoms with E-state index in [1.165, 1.54) is 0 Å². The average molecular weight is 235 g/mol. The van der Waals surface area contributed by atoms with Crippen LogP contribution in [0.3, 0.4) is 0 Å². The van der Waals surface area contributed by atoms with Crippen molar-refractivity contribution in [2.24, 2.45) is 5.73 Å². The Balaban J connectivity index is 2.03. The van der Waals surface area contributed by atoms with E-state index in [9.17, 15) is 0 Å². The molecule has 2 atom stereocenters. The molecule has 0 amide bonds. The molecule has 1 fully saturated rings. The second-order valence-corrected chi connectivity index (χ2v) is 4.56. The van der Waals surface area contributed by atoms with Crippen molar-refractivity contribution >= 4 is 0 Å². The van der Waals surface area contributed by atoms with Crippen molar-refractivity contribution in [1.29, 1.82) is 0 Å². The molecule has 1 aliphatic rings. The van der Waals surface area contributed by atoms with Gasteiger partial charge in [0.1, 0.15) is 0 Å². The molecule has 4 heteroatoms. The Morgan fingerprint density at radius 1 is 1.59 bits per heavy atom. The Morgan fingerprint density at radius 3 is 3.06 bits per heavy atom. The monoisotopic (exact) mass is 235 g/mol. The number of hydrogen-bond donors (Lipinski definition) is 1. The first-order valence-corrected chi connectivity index (χ1v) is 6.22. The summed E-state index contributed by atoms with van der Waals surface area (Å²) in [5.74, 6) is 0. The van der Waals surface area contributed by atoms with Gasteiger partial charge in [0.25, 0.3) is 0 Å². The lowest BCUT2D eigenvalue weighted by Crippen LogP contribution is -2.46. The van der Waals surface area contributed by atoms with Gasteiger partial charge in [-0.1, -0.05) is 13.0 Å². The fraction of sp³-hybridized carbons (Fsp3) is 0.615. The Bertz CT molecular complexity index is 352. The highest BCUT2D eigenvalue weighted by atomic mass is 16.5. The summed E-state index contributed by atoms with van der Waals surface area (Å²) in [5, 5.41) is 0. The minimum absolute atomic E-state index is 0.0770. The maximum absolute atomic E-state index is 6.25. The van der Waals surface area contributed by atoms with E-state index in [2.05, 4.69) is 16.8 Å². The van der Waals surface area contributed by atoms with Crippen molar-refractivity contribution < 1.29 is 4.74 Å². The zero-order chi connectivity index (χ0) is 12.3. The van der Waals surface area contributed by atoms with Crippen LogP contribution < -0.4 is 5.73 Å². The molecule has 4 nitrogen and oxygen atoms in total. The van der Waals surface area contributed by atoms with E-state index in [4.69, 9.17) is 10.5 Å². The van der Waals surface area contributed by atoms with Gasteiger partial charge in [0.05, 0.1) is 18.8 Å². The van der Waals surface area contributed by atoms with Crippen LogP contribution >= 0.6 is 0 Å². The molecule has 0 aliphatic carbocycles. The molecule has 0 bridgehead atoms. The highest BCUT2D eigenvalue weighted by Crippen LogP contribution is 2.19. The fourth-order valence-corrected chi connectivity index (χ4v) is 2.13. The van der Waals surface area contributed by atoms with E-state index < -0.39 is 0 Å². The first-order chi connectivity index (χ1) is 8.20. The van der Waals surface area contributed by atoms with Gasteiger partial charge in [0.2, 0.25) is 0 Å². The van der Waals surface area contributed by atoms with E-state index in [1.54, 1.807) is 0 Å². The van der Waals surface area contributed by atoms with E-state index in [0.29, 0.717) is 0 Å². The smallest absolute Gasteiger partial charge is 0.0895 e. The molecular formula is C13H21N3O. The topological polar surface area (TPSA) is 51.4 Å². The van der Waals surface area contributed by atoms with Crippen molar-refractivity contribution in [3.63, 3.8) is 0 Å². The molecular weight excluding hydrogens is 214 g/mol. The Kier molecular flexibility index (Phi) is 4.10. The molecule has 0 spiro atoms. The number of hydrogen-bond acceptors (Lipinski definition) is 4. The molecule has 0 radical (unpaired) electrons. The minimum Gasteiger partial charge on any atom is -0.374 e. The first kappa shape index (κ1) is 12.5. The SMILES string of the molecule is CCN1CCOC(C(N)c2ccc(C)nc2)C1. The number of nitrogens with zero attached hydrogens (tertiary/aromatic N) is 2. The summed E-state index contributed by atoms with van der Waals surface area (Å²) in [5.41, 5.74) is 8.31. The van der Waals surface area contributed by atoms with Gasteiger partial charge in [-0.05, 0) is 25.1 Å². The molecule has 94 valence electrons. The molecule has 0 saturated carbocycles. The van der Waals surface area contributed by atoms with Crippen LogP contribution in [-0.4, -0.2) is 42.2 Å². The minimum atomic E-state index is -0.0857. The molecule has 17 heavy (non-hydrogen) atoms. The normalized spacial score (nSPS) is 23.6. The third-order valence-corrected chi connectivity index (χ3v) is 3.34. The summed E-state index contributed by atoms with van der Waals surface area (Å²) in [4.78, 5) is 6.66. The van der Waals surface area contributed by atoms with Crippen LogP contribution in [0.5, 0.6) is 0 Å². The van der Waals surface area contributed by atoms with E-state index in [0.717, 1.165) is 37.5 Å². The van der Waals surface area contributed by atoms with Gasteiger partial charge >= 0.3 is 0 Å². The molecule has 2 rings (SSSR count). The number of morpholine rings is 1.